The molecule has 0 saturated carbocycles. The summed E-state index contributed by atoms with van der Waals surface area (Å²) in [5, 5.41) is 0.895. The average Bonchev–Trinajstić information content (AvgIpc) is 2.40. The Balaban J connectivity index is 2.13. The van der Waals surface area contributed by atoms with Crippen LogP contribution < -0.4 is 4.74 Å². The van der Waals surface area contributed by atoms with Gasteiger partial charge in [0.25, 0.3) is 0 Å². The van der Waals surface area contributed by atoms with Gasteiger partial charge in [0.05, 0.1) is 6.61 Å². The van der Waals surface area contributed by atoms with Gasteiger partial charge in [-0.1, -0.05) is 28.1 Å². The molecule has 0 N–H and O–H groups in total. The summed E-state index contributed by atoms with van der Waals surface area (Å²) in [5.74, 6) is -0.392. The molecule has 2 aromatic carbocycles. The quantitative estimate of drug-likeness (QED) is 0.566. The summed E-state index contributed by atoms with van der Waals surface area (Å²) in [6.07, 6.45) is 0.925. The van der Waals surface area contributed by atoms with E-state index in [0.717, 1.165) is 23.6 Å². The average molecular weight is 327 g/mol. The minimum Gasteiger partial charge on any atom is -0.494 e. The van der Waals surface area contributed by atoms with Crippen molar-refractivity contribution in [1.82, 2.24) is 0 Å². The van der Waals surface area contributed by atoms with Crippen molar-refractivity contribution in [2.75, 3.05) is 11.9 Å². The molecule has 19 heavy (non-hydrogen) atoms. The zero-order valence-corrected chi connectivity index (χ0v) is 11.8. The molecule has 0 heterocycles. The van der Waals surface area contributed by atoms with Crippen LogP contribution in [0.25, 0.3) is 11.1 Å². The van der Waals surface area contributed by atoms with E-state index in [4.69, 9.17) is 4.74 Å². The normalized spacial score (nSPS) is 10.5. The Morgan fingerprint density at radius 1 is 1.00 bits per heavy atom. The number of halogens is 3. The van der Waals surface area contributed by atoms with Crippen LogP contribution in [0.15, 0.2) is 42.5 Å². The smallest absolute Gasteiger partial charge is 0.133 e. The molecule has 0 fully saturated rings. The highest BCUT2D eigenvalue weighted by molar-refractivity contribution is 9.09. The first-order valence-electron chi connectivity index (χ1n) is 5.95. The Hall–Kier alpha value is -1.42. The fourth-order valence-electron chi connectivity index (χ4n) is 1.70. The lowest BCUT2D eigenvalue weighted by molar-refractivity contribution is 0.319. The Morgan fingerprint density at radius 3 is 2.37 bits per heavy atom. The number of hydrogen-bond acceptors (Lipinski definition) is 1. The van der Waals surface area contributed by atoms with Gasteiger partial charge in [-0.15, -0.1) is 0 Å². The largest absolute Gasteiger partial charge is 0.494 e. The first-order valence-corrected chi connectivity index (χ1v) is 7.07. The molecule has 4 heteroatoms. The van der Waals surface area contributed by atoms with E-state index < -0.39 is 11.6 Å². The molecule has 0 aliphatic carbocycles. The molecule has 0 unspecified atom stereocenters. The first-order chi connectivity index (χ1) is 9.20. The number of rotatable bonds is 5. The lowest BCUT2D eigenvalue weighted by Gasteiger charge is -2.07. The monoisotopic (exact) mass is 326 g/mol. The fraction of sp³-hybridized carbons (Fsp3) is 0.200. The molecule has 0 aliphatic heterocycles. The Kier molecular flexibility index (Phi) is 4.91. The van der Waals surface area contributed by atoms with Crippen molar-refractivity contribution in [3.8, 4) is 16.9 Å². The lowest BCUT2D eigenvalue weighted by atomic mass is 10.1. The maximum atomic E-state index is 13.6. The minimum atomic E-state index is -0.573. The summed E-state index contributed by atoms with van der Waals surface area (Å²) in [7, 11) is 0. The van der Waals surface area contributed by atoms with Crippen molar-refractivity contribution in [3.05, 3.63) is 54.1 Å². The van der Waals surface area contributed by atoms with E-state index >= 15 is 0 Å². The van der Waals surface area contributed by atoms with E-state index in [0.29, 0.717) is 17.7 Å². The van der Waals surface area contributed by atoms with Crippen molar-refractivity contribution >= 4 is 15.9 Å². The van der Waals surface area contributed by atoms with Crippen LogP contribution in [0.2, 0.25) is 0 Å². The molecule has 0 radical (unpaired) electrons. The number of alkyl halides is 1. The van der Waals surface area contributed by atoms with Crippen LogP contribution in [0.4, 0.5) is 8.78 Å². The van der Waals surface area contributed by atoms with Crippen LogP contribution in [-0.4, -0.2) is 11.9 Å². The van der Waals surface area contributed by atoms with Crippen LogP contribution in [0.1, 0.15) is 6.42 Å². The van der Waals surface area contributed by atoms with E-state index in [1.165, 1.54) is 12.1 Å². The van der Waals surface area contributed by atoms with E-state index in [9.17, 15) is 8.78 Å². The zero-order valence-electron chi connectivity index (χ0n) is 10.2. The molecule has 100 valence electrons. The summed E-state index contributed by atoms with van der Waals surface area (Å²) in [4.78, 5) is 0. The molecule has 0 saturated heterocycles. The van der Waals surface area contributed by atoms with Gasteiger partial charge in [0.2, 0.25) is 0 Å². The molecule has 2 rings (SSSR count). The van der Waals surface area contributed by atoms with Gasteiger partial charge in [-0.05, 0) is 36.2 Å². The Morgan fingerprint density at radius 2 is 1.74 bits per heavy atom. The number of ether oxygens (including phenoxy) is 1. The summed E-state index contributed by atoms with van der Waals surface area (Å²) >= 11 is 3.33. The van der Waals surface area contributed by atoms with Crippen LogP contribution in [0.3, 0.4) is 0 Å². The molecule has 0 bridgehead atoms. The van der Waals surface area contributed by atoms with Gasteiger partial charge >= 0.3 is 0 Å². The zero-order chi connectivity index (χ0) is 13.7. The highest BCUT2D eigenvalue weighted by Crippen LogP contribution is 2.25. The predicted octanol–water partition coefficient (Wildman–Crippen LogP) is 4.80. The second-order valence-corrected chi connectivity index (χ2v) is 4.83. The predicted molar refractivity (Wildman–Crippen MR) is 75.7 cm³/mol. The van der Waals surface area contributed by atoms with Crippen molar-refractivity contribution in [2.24, 2.45) is 0 Å². The molecule has 0 spiro atoms. The maximum Gasteiger partial charge on any atom is 0.133 e. The van der Waals surface area contributed by atoms with Gasteiger partial charge < -0.3 is 4.74 Å². The summed E-state index contributed by atoms with van der Waals surface area (Å²) in [5.41, 5.74) is 1.08. The van der Waals surface area contributed by atoms with Gasteiger partial charge in [0.1, 0.15) is 17.4 Å². The van der Waals surface area contributed by atoms with E-state index in [-0.39, 0.29) is 0 Å². The summed E-state index contributed by atoms with van der Waals surface area (Å²) < 4.78 is 31.9. The first kappa shape index (κ1) is 14.0. The van der Waals surface area contributed by atoms with Crippen LogP contribution in [-0.2, 0) is 0 Å². The molecular weight excluding hydrogens is 314 g/mol. The van der Waals surface area contributed by atoms with Crippen LogP contribution in [0.5, 0.6) is 5.75 Å². The number of benzene rings is 2. The lowest BCUT2D eigenvalue weighted by Crippen LogP contribution is -1.97. The molecule has 0 aliphatic rings. The van der Waals surface area contributed by atoms with Gasteiger partial charge in [0, 0.05) is 17.0 Å². The van der Waals surface area contributed by atoms with E-state index in [2.05, 4.69) is 15.9 Å². The highest BCUT2D eigenvalue weighted by Gasteiger charge is 2.06. The Bertz CT molecular complexity index is 540. The van der Waals surface area contributed by atoms with E-state index in [1.54, 1.807) is 24.3 Å². The van der Waals surface area contributed by atoms with Crippen molar-refractivity contribution < 1.29 is 13.5 Å². The third kappa shape index (κ3) is 3.77. The van der Waals surface area contributed by atoms with Gasteiger partial charge in [-0.3, -0.25) is 0 Å². The molecular formula is C15H13BrF2O. The van der Waals surface area contributed by atoms with Gasteiger partial charge in [-0.2, -0.15) is 0 Å². The maximum absolute atomic E-state index is 13.6. The third-order valence-corrected chi connectivity index (χ3v) is 3.20. The van der Waals surface area contributed by atoms with Crippen LogP contribution >= 0.6 is 15.9 Å². The third-order valence-electron chi connectivity index (χ3n) is 2.64. The minimum absolute atomic E-state index is 0.383. The van der Waals surface area contributed by atoms with Gasteiger partial charge in [-0.25, -0.2) is 8.78 Å². The molecule has 2 aromatic rings. The van der Waals surface area contributed by atoms with Crippen molar-refractivity contribution in [3.63, 3.8) is 0 Å². The fourth-order valence-corrected chi connectivity index (χ4v) is 1.93. The summed E-state index contributed by atoms with van der Waals surface area (Å²) in [6, 6.07) is 10.7. The second-order valence-electron chi connectivity index (χ2n) is 4.04. The standard InChI is InChI=1S/C15H13BrF2O/c16-8-1-9-19-13-5-2-11(3-6-13)14-7-4-12(17)10-15(14)18/h2-7,10H,1,8-9H2. The van der Waals surface area contributed by atoms with E-state index in [1.807, 2.05) is 0 Å². The topological polar surface area (TPSA) is 9.23 Å². The molecule has 0 atom stereocenters. The molecule has 0 amide bonds. The van der Waals surface area contributed by atoms with Crippen LogP contribution in [0, 0.1) is 11.6 Å². The number of hydrogen-bond donors (Lipinski definition) is 0. The van der Waals surface area contributed by atoms with Crippen molar-refractivity contribution in [1.29, 1.82) is 0 Å². The second kappa shape index (κ2) is 6.66. The highest BCUT2D eigenvalue weighted by atomic mass is 79.9. The molecule has 1 nitrogen and oxygen atoms in total. The van der Waals surface area contributed by atoms with Crippen molar-refractivity contribution in [2.45, 2.75) is 6.42 Å². The Labute approximate surface area is 119 Å². The van der Waals surface area contributed by atoms with Gasteiger partial charge in [0.15, 0.2) is 0 Å². The SMILES string of the molecule is Fc1ccc(-c2ccc(OCCCBr)cc2)c(F)c1. The molecule has 0 aromatic heterocycles. The summed E-state index contributed by atoms with van der Waals surface area (Å²) in [6.45, 7) is 0.634.